The van der Waals surface area contributed by atoms with Gasteiger partial charge in [-0.05, 0) is 24.1 Å². The van der Waals surface area contributed by atoms with E-state index in [2.05, 4.69) is 28.2 Å². The minimum Gasteiger partial charge on any atom is -0.341 e. The van der Waals surface area contributed by atoms with E-state index in [1.165, 1.54) is 5.56 Å². The van der Waals surface area contributed by atoms with Gasteiger partial charge >= 0.3 is 0 Å². The third kappa shape index (κ3) is 1.48. The van der Waals surface area contributed by atoms with Crippen molar-refractivity contribution >= 4 is 11.0 Å². The summed E-state index contributed by atoms with van der Waals surface area (Å²) in [6.45, 7) is 0. The van der Waals surface area contributed by atoms with Crippen molar-refractivity contribution in [2.45, 2.75) is 17.8 Å². The molecule has 0 radical (unpaired) electrons. The van der Waals surface area contributed by atoms with Crippen LogP contribution in [0.15, 0.2) is 54.6 Å². The Bertz CT molecular complexity index is 780. The Balaban J connectivity index is 1.79. The molecule has 0 unspecified atom stereocenters. The summed E-state index contributed by atoms with van der Waals surface area (Å²) >= 11 is 0. The summed E-state index contributed by atoms with van der Waals surface area (Å²) in [5.41, 5.74) is 2.65. The predicted molar refractivity (Wildman–Crippen MR) is 77.2 cm³/mol. The highest BCUT2D eigenvalue weighted by Crippen LogP contribution is 2.59. The maximum absolute atomic E-state index is 9.66. The molecule has 3 heteroatoms. The van der Waals surface area contributed by atoms with Gasteiger partial charge in [0, 0.05) is 5.92 Å². The lowest BCUT2D eigenvalue weighted by atomic mass is 10.00. The first-order valence-electron chi connectivity index (χ1n) is 6.75. The number of imidazole rings is 1. The number of H-pyrrole nitrogens is 1. The van der Waals surface area contributed by atoms with Crippen molar-refractivity contribution in [2.24, 2.45) is 0 Å². The summed E-state index contributed by atoms with van der Waals surface area (Å²) in [5.74, 6) is 1.05. The SMILES string of the molecule is N#C[C@]1(c2nc3ccccc3[nH]2)C[C@@H]1c1ccccc1. The minimum absolute atomic E-state index is 0.245. The number of aromatic amines is 1. The maximum Gasteiger partial charge on any atom is 0.128 e. The van der Waals surface area contributed by atoms with Gasteiger partial charge in [0.05, 0.1) is 17.1 Å². The van der Waals surface area contributed by atoms with E-state index in [1.54, 1.807) is 0 Å². The molecule has 3 aromatic rings. The van der Waals surface area contributed by atoms with Crippen molar-refractivity contribution in [1.82, 2.24) is 9.97 Å². The van der Waals surface area contributed by atoms with Crippen LogP contribution < -0.4 is 0 Å². The molecule has 1 aliphatic rings. The third-order valence-electron chi connectivity index (χ3n) is 4.17. The quantitative estimate of drug-likeness (QED) is 0.765. The molecule has 2 atom stereocenters. The largest absolute Gasteiger partial charge is 0.341 e. The van der Waals surface area contributed by atoms with Gasteiger partial charge in [-0.3, -0.25) is 0 Å². The molecule has 96 valence electrons. The van der Waals surface area contributed by atoms with Gasteiger partial charge in [0.2, 0.25) is 0 Å². The average Bonchev–Trinajstić information content (AvgIpc) is 3.11. The zero-order chi connectivity index (χ0) is 13.6. The first kappa shape index (κ1) is 11.2. The van der Waals surface area contributed by atoms with Crippen LogP contribution in [0, 0.1) is 11.3 Å². The predicted octanol–water partition coefficient (Wildman–Crippen LogP) is 3.51. The van der Waals surface area contributed by atoms with Crippen molar-refractivity contribution in [3.63, 3.8) is 0 Å². The summed E-state index contributed by atoms with van der Waals surface area (Å²) in [6, 6.07) is 20.6. The number of hydrogen-bond donors (Lipinski definition) is 1. The monoisotopic (exact) mass is 259 g/mol. The molecule has 4 rings (SSSR count). The highest BCUT2D eigenvalue weighted by molar-refractivity contribution is 5.75. The van der Waals surface area contributed by atoms with Gasteiger partial charge in [-0.2, -0.15) is 5.26 Å². The lowest BCUT2D eigenvalue weighted by Gasteiger charge is -2.05. The molecule has 0 amide bonds. The van der Waals surface area contributed by atoms with Crippen molar-refractivity contribution in [3.8, 4) is 6.07 Å². The fraction of sp³-hybridized carbons (Fsp3) is 0.176. The molecule has 0 saturated heterocycles. The van der Waals surface area contributed by atoms with Crippen molar-refractivity contribution in [1.29, 1.82) is 5.26 Å². The van der Waals surface area contributed by atoms with Gasteiger partial charge in [0.1, 0.15) is 11.2 Å². The van der Waals surface area contributed by atoms with E-state index in [0.29, 0.717) is 0 Å². The Morgan fingerprint density at radius 2 is 1.85 bits per heavy atom. The number of fused-ring (bicyclic) bond motifs is 1. The fourth-order valence-corrected chi connectivity index (χ4v) is 2.95. The van der Waals surface area contributed by atoms with E-state index in [1.807, 2.05) is 42.5 Å². The third-order valence-corrected chi connectivity index (χ3v) is 4.17. The topological polar surface area (TPSA) is 52.5 Å². The molecule has 0 spiro atoms. The highest BCUT2D eigenvalue weighted by Gasteiger charge is 2.59. The van der Waals surface area contributed by atoms with Crippen LogP contribution in [0.25, 0.3) is 11.0 Å². The highest BCUT2D eigenvalue weighted by atomic mass is 15.0. The number of aromatic nitrogens is 2. The van der Waals surface area contributed by atoms with Crippen molar-refractivity contribution in [3.05, 3.63) is 66.0 Å². The number of benzene rings is 2. The minimum atomic E-state index is -0.486. The molecule has 0 bridgehead atoms. The first-order valence-corrected chi connectivity index (χ1v) is 6.75. The second-order valence-corrected chi connectivity index (χ2v) is 5.35. The van der Waals surface area contributed by atoms with Gasteiger partial charge in [-0.25, -0.2) is 4.98 Å². The second-order valence-electron chi connectivity index (χ2n) is 5.35. The van der Waals surface area contributed by atoms with Crippen molar-refractivity contribution in [2.75, 3.05) is 0 Å². The van der Waals surface area contributed by atoms with Crippen LogP contribution in [0.5, 0.6) is 0 Å². The molecule has 1 heterocycles. The van der Waals surface area contributed by atoms with E-state index in [9.17, 15) is 5.26 Å². The average molecular weight is 259 g/mol. The molecular weight excluding hydrogens is 246 g/mol. The number of nitrogens with zero attached hydrogens (tertiary/aromatic N) is 2. The van der Waals surface area contributed by atoms with Crippen LogP contribution in [-0.4, -0.2) is 9.97 Å². The number of nitrogens with one attached hydrogen (secondary N) is 1. The number of rotatable bonds is 2. The normalized spacial score (nSPS) is 24.4. The smallest absolute Gasteiger partial charge is 0.128 e. The number of para-hydroxylation sites is 2. The molecule has 1 fully saturated rings. The number of hydrogen-bond acceptors (Lipinski definition) is 2. The van der Waals surface area contributed by atoms with Gasteiger partial charge in [0.25, 0.3) is 0 Å². The Kier molecular flexibility index (Phi) is 2.22. The Hall–Kier alpha value is -2.60. The van der Waals surface area contributed by atoms with Gasteiger partial charge in [-0.1, -0.05) is 42.5 Å². The van der Waals surface area contributed by atoms with E-state index in [4.69, 9.17) is 0 Å². The lowest BCUT2D eigenvalue weighted by molar-refractivity contribution is 0.790. The number of nitriles is 1. The van der Waals surface area contributed by atoms with E-state index in [0.717, 1.165) is 23.3 Å². The lowest BCUT2D eigenvalue weighted by Crippen LogP contribution is -2.08. The van der Waals surface area contributed by atoms with Crippen LogP contribution in [-0.2, 0) is 5.41 Å². The molecule has 2 aromatic carbocycles. The van der Waals surface area contributed by atoms with Crippen LogP contribution in [0.4, 0.5) is 0 Å². The van der Waals surface area contributed by atoms with Crippen LogP contribution >= 0.6 is 0 Å². The summed E-state index contributed by atoms with van der Waals surface area (Å²) in [5, 5.41) is 9.66. The Morgan fingerprint density at radius 3 is 2.60 bits per heavy atom. The fourth-order valence-electron chi connectivity index (χ4n) is 2.95. The molecule has 1 saturated carbocycles. The molecule has 3 nitrogen and oxygen atoms in total. The summed E-state index contributed by atoms with van der Waals surface area (Å²) in [4.78, 5) is 7.93. The standard InChI is InChI=1S/C17H13N3/c18-11-17(10-13(17)12-6-2-1-3-7-12)16-19-14-8-4-5-9-15(14)20-16/h1-9,13H,10H2,(H,19,20)/t13-,17-/m1/s1. The van der Waals surface area contributed by atoms with Gasteiger partial charge in [-0.15, -0.1) is 0 Å². The molecule has 1 aliphatic carbocycles. The van der Waals surface area contributed by atoms with Crippen LogP contribution in [0.3, 0.4) is 0 Å². The summed E-state index contributed by atoms with van der Waals surface area (Å²) < 4.78 is 0. The van der Waals surface area contributed by atoms with Gasteiger partial charge < -0.3 is 4.98 Å². The Labute approximate surface area is 116 Å². The van der Waals surface area contributed by atoms with E-state index >= 15 is 0 Å². The van der Waals surface area contributed by atoms with Crippen molar-refractivity contribution < 1.29 is 0 Å². The van der Waals surface area contributed by atoms with Crippen LogP contribution in [0.2, 0.25) is 0 Å². The molecule has 1 aromatic heterocycles. The molecular formula is C17H13N3. The first-order chi connectivity index (χ1) is 9.83. The van der Waals surface area contributed by atoms with E-state index < -0.39 is 5.41 Å². The molecule has 1 N–H and O–H groups in total. The summed E-state index contributed by atoms with van der Waals surface area (Å²) in [6.07, 6.45) is 0.841. The molecule has 20 heavy (non-hydrogen) atoms. The van der Waals surface area contributed by atoms with Crippen LogP contribution in [0.1, 0.15) is 23.7 Å². The Morgan fingerprint density at radius 1 is 1.10 bits per heavy atom. The second kappa shape index (κ2) is 3.94. The van der Waals surface area contributed by atoms with E-state index in [-0.39, 0.29) is 5.92 Å². The summed E-state index contributed by atoms with van der Waals surface area (Å²) in [7, 11) is 0. The zero-order valence-corrected chi connectivity index (χ0v) is 10.9. The maximum atomic E-state index is 9.66. The zero-order valence-electron chi connectivity index (χ0n) is 10.9. The molecule has 0 aliphatic heterocycles. The van der Waals surface area contributed by atoms with Gasteiger partial charge in [0.15, 0.2) is 0 Å².